The molecule has 3 rings (SSSR count). The van der Waals surface area contributed by atoms with Crippen LogP contribution in [0.25, 0.3) is 0 Å². The average molecular weight is 281 g/mol. The van der Waals surface area contributed by atoms with Gasteiger partial charge in [-0.2, -0.15) is 5.26 Å². The summed E-state index contributed by atoms with van der Waals surface area (Å²) in [6.07, 6.45) is 0. The van der Waals surface area contributed by atoms with Crippen LogP contribution in [0.1, 0.15) is 22.5 Å². The molecule has 0 saturated heterocycles. The first kappa shape index (κ1) is 13.3. The first-order valence-electron chi connectivity index (χ1n) is 6.68. The van der Waals surface area contributed by atoms with Crippen molar-refractivity contribution >= 4 is 5.69 Å². The van der Waals surface area contributed by atoms with E-state index >= 15 is 0 Å². The zero-order valence-electron chi connectivity index (χ0n) is 11.9. The second-order valence-electron chi connectivity index (χ2n) is 4.92. The number of nitriles is 1. The summed E-state index contributed by atoms with van der Waals surface area (Å²) < 4.78 is 10.7. The van der Waals surface area contributed by atoms with Crippen molar-refractivity contribution in [2.75, 3.05) is 12.1 Å². The molecule has 0 amide bonds. The average Bonchev–Trinajstić information content (AvgIpc) is 2.92. The highest BCUT2D eigenvalue weighted by atomic mass is 16.7. The minimum Gasteiger partial charge on any atom is -0.454 e. The Morgan fingerprint density at radius 3 is 2.86 bits per heavy atom. The van der Waals surface area contributed by atoms with Crippen molar-refractivity contribution in [1.29, 1.82) is 5.26 Å². The SMILES string of the molecule is Cc1cc(NCc2ccc3c(c2)OCO3)c(C#N)c(C)n1. The first-order valence-corrected chi connectivity index (χ1v) is 6.68. The number of nitrogens with one attached hydrogen (secondary N) is 1. The van der Waals surface area contributed by atoms with Crippen molar-refractivity contribution in [3.63, 3.8) is 0 Å². The Morgan fingerprint density at radius 1 is 1.24 bits per heavy atom. The summed E-state index contributed by atoms with van der Waals surface area (Å²) in [5, 5.41) is 12.5. The van der Waals surface area contributed by atoms with Gasteiger partial charge in [0.05, 0.1) is 16.9 Å². The Morgan fingerprint density at radius 2 is 2.05 bits per heavy atom. The van der Waals surface area contributed by atoms with E-state index in [4.69, 9.17) is 9.47 Å². The number of anilines is 1. The first-order chi connectivity index (χ1) is 10.2. The van der Waals surface area contributed by atoms with Crippen LogP contribution in [-0.4, -0.2) is 11.8 Å². The smallest absolute Gasteiger partial charge is 0.231 e. The number of fused-ring (bicyclic) bond motifs is 1. The third-order valence-corrected chi connectivity index (χ3v) is 3.36. The molecule has 0 radical (unpaired) electrons. The minimum absolute atomic E-state index is 0.271. The molecule has 0 saturated carbocycles. The van der Waals surface area contributed by atoms with Crippen molar-refractivity contribution < 1.29 is 9.47 Å². The van der Waals surface area contributed by atoms with Gasteiger partial charge in [-0.15, -0.1) is 0 Å². The molecule has 5 heteroatoms. The second kappa shape index (κ2) is 5.33. The lowest BCUT2D eigenvalue weighted by Crippen LogP contribution is -2.04. The predicted octanol–water partition coefficient (Wildman–Crippen LogP) is 2.91. The lowest BCUT2D eigenvalue weighted by atomic mass is 10.1. The molecule has 0 spiro atoms. The van der Waals surface area contributed by atoms with Gasteiger partial charge in [0, 0.05) is 12.2 Å². The number of aryl methyl sites for hydroxylation is 2. The van der Waals surface area contributed by atoms with E-state index in [1.54, 1.807) is 0 Å². The van der Waals surface area contributed by atoms with Crippen LogP contribution in [0.2, 0.25) is 0 Å². The molecule has 5 nitrogen and oxygen atoms in total. The Bertz CT molecular complexity index is 735. The van der Waals surface area contributed by atoms with Crippen LogP contribution >= 0.6 is 0 Å². The number of hydrogen-bond donors (Lipinski definition) is 1. The van der Waals surface area contributed by atoms with Gasteiger partial charge in [0.15, 0.2) is 11.5 Å². The van der Waals surface area contributed by atoms with Crippen LogP contribution in [0.3, 0.4) is 0 Å². The van der Waals surface area contributed by atoms with E-state index in [0.717, 1.165) is 34.1 Å². The van der Waals surface area contributed by atoms with E-state index in [0.29, 0.717) is 12.1 Å². The second-order valence-corrected chi connectivity index (χ2v) is 4.92. The highest BCUT2D eigenvalue weighted by Gasteiger charge is 2.13. The van der Waals surface area contributed by atoms with Gasteiger partial charge in [-0.05, 0) is 37.6 Å². The molecular weight excluding hydrogens is 266 g/mol. The Balaban J connectivity index is 1.81. The summed E-state index contributed by atoms with van der Waals surface area (Å²) in [5.74, 6) is 1.53. The number of nitrogens with zero attached hydrogens (tertiary/aromatic N) is 2. The molecular formula is C16H15N3O2. The maximum absolute atomic E-state index is 9.25. The molecule has 2 aromatic rings. The molecule has 1 aromatic carbocycles. The monoisotopic (exact) mass is 281 g/mol. The molecule has 1 aromatic heterocycles. The Hall–Kier alpha value is -2.74. The molecule has 0 fully saturated rings. The van der Waals surface area contributed by atoms with Crippen molar-refractivity contribution in [1.82, 2.24) is 4.98 Å². The summed E-state index contributed by atoms with van der Waals surface area (Å²) >= 11 is 0. The van der Waals surface area contributed by atoms with Gasteiger partial charge in [-0.25, -0.2) is 0 Å². The van der Waals surface area contributed by atoms with Crippen LogP contribution in [-0.2, 0) is 6.54 Å². The number of ether oxygens (including phenoxy) is 2. The zero-order valence-corrected chi connectivity index (χ0v) is 11.9. The zero-order chi connectivity index (χ0) is 14.8. The van der Waals surface area contributed by atoms with E-state index in [1.807, 2.05) is 38.1 Å². The number of aromatic nitrogens is 1. The van der Waals surface area contributed by atoms with Gasteiger partial charge in [0.2, 0.25) is 6.79 Å². The number of pyridine rings is 1. The molecule has 0 unspecified atom stereocenters. The quantitative estimate of drug-likeness (QED) is 0.937. The highest BCUT2D eigenvalue weighted by Crippen LogP contribution is 2.32. The van der Waals surface area contributed by atoms with Crippen LogP contribution < -0.4 is 14.8 Å². The van der Waals surface area contributed by atoms with E-state index in [-0.39, 0.29) is 6.79 Å². The lowest BCUT2D eigenvalue weighted by Gasteiger charge is -2.11. The minimum atomic E-state index is 0.271. The predicted molar refractivity (Wildman–Crippen MR) is 78.3 cm³/mol. The normalized spacial score (nSPS) is 12.0. The van der Waals surface area contributed by atoms with E-state index in [2.05, 4.69) is 16.4 Å². The van der Waals surface area contributed by atoms with E-state index in [1.165, 1.54) is 0 Å². The fraction of sp³-hybridized carbons (Fsp3) is 0.250. The molecule has 2 heterocycles. The fourth-order valence-electron chi connectivity index (χ4n) is 2.36. The molecule has 0 aliphatic carbocycles. The Kier molecular flexibility index (Phi) is 3.36. The van der Waals surface area contributed by atoms with Gasteiger partial charge in [0.25, 0.3) is 0 Å². The van der Waals surface area contributed by atoms with Crippen LogP contribution in [0.4, 0.5) is 5.69 Å². The largest absolute Gasteiger partial charge is 0.454 e. The maximum Gasteiger partial charge on any atom is 0.231 e. The molecule has 21 heavy (non-hydrogen) atoms. The lowest BCUT2D eigenvalue weighted by molar-refractivity contribution is 0.174. The van der Waals surface area contributed by atoms with Gasteiger partial charge in [-0.1, -0.05) is 6.07 Å². The van der Waals surface area contributed by atoms with Crippen LogP contribution in [0.5, 0.6) is 11.5 Å². The van der Waals surface area contributed by atoms with Crippen LogP contribution in [0, 0.1) is 25.2 Å². The maximum atomic E-state index is 9.25. The summed E-state index contributed by atoms with van der Waals surface area (Å²) in [5.41, 5.74) is 4.09. The molecule has 1 aliphatic heterocycles. The third-order valence-electron chi connectivity index (χ3n) is 3.36. The van der Waals surface area contributed by atoms with E-state index in [9.17, 15) is 5.26 Å². The van der Waals surface area contributed by atoms with Crippen molar-refractivity contribution in [2.45, 2.75) is 20.4 Å². The van der Waals surface area contributed by atoms with Crippen molar-refractivity contribution in [3.05, 3.63) is 46.8 Å². The summed E-state index contributed by atoms with van der Waals surface area (Å²) in [6.45, 7) is 4.64. The highest BCUT2D eigenvalue weighted by molar-refractivity contribution is 5.60. The summed E-state index contributed by atoms with van der Waals surface area (Å²) in [6, 6.07) is 9.91. The topological polar surface area (TPSA) is 67.2 Å². The number of rotatable bonds is 3. The van der Waals surface area contributed by atoms with Gasteiger partial charge >= 0.3 is 0 Å². The Labute approximate surface area is 123 Å². The standard InChI is InChI=1S/C16H15N3O2/c1-10-5-14(13(7-17)11(2)19-10)18-8-12-3-4-15-16(6-12)21-9-20-15/h3-6H,8-9H2,1-2H3,(H,18,19). The van der Waals surface area contributed by atoms with Crippen molar-refractivity contribution in [2.24, 2.45) is 0 Å². The van der Waals surface area contributed by atoms with Crippen molar-refractivity contribution in [3.8, 4) is 17.6 Å². The molecule has 0 bridgehead atoms. The third kappa shape index (κ3) is 2.61. The molecule has 0 atom stereocenters. The molecule has 1 aliphatic rings. The summed E-state index contributed by atoms with van der Waals surface area (Å²) in [4.78, 5) is 4.31. The van der Waals surface area contributed by atoms with Gasteiger partial charge in [0.1, 0.15) is 6.07 Å². The summed E-state index contributed by atoms with van der Waals surface area (Å²) in [7, 11) is 0. The number of hydrogen-bond acceptors (Lipinski definition) is 5. The fourth-order valence-corrected chi connectivity index (χ4v) is 2.36. The molecule has 106 valence electrons. The molecule has 1 N–H and O–H groups in total. The van der Waals surface area contributed by atoms with Crippen LogP contribution in [0.15, 0.2) is 24.3 Å². The number of benzene rings is 1. The van der Waals surface area contributed by atoms with Gasteiger partial charge < -0.3 is 14.8 Å². The van der Waals surface area contributed by atoms with Gasteiger partial charge in [-0.3, -0.25) is 4.98 Å². The van der Waals surface area contributed by atoms with E-state index < -0.39 is 0 Å².